The number of carboxylic acids is 1. The summed E-state index contributed by atoms with van der Waals surface area (Å²) in [5.74, 6) is 0.857. The molecule has 37 heavy (non-hydrogen) atoms. The van der Waals surface area contributed by atoms with E-state index in [0.717, 1.165) is 18.4 Å². The van der Waals surface area contributed by atoms with E-state index in [-0.39, 0.29) is 12.2 Å². The summed E-state index contributed by atoms with van der Waals surface area (Å²) in [6.07, 6.45) is 6.68. The molecule has 0 aliphatic carbocycles. The van der Waals surface area contributed by atoms with Crippen molar-refractivity contribution in [1.29, 1.82) is 0 Å². The normalized spacial score (nSPS) is 11.6. The van der Waals surface area contributed by atoms with Crippen LogP contribution in [0.5, 0.6) is 17.2 Å². The number of aliphatic carboxylic acids is 1. The van der Waals surface area contributed by atoms with Gasteiger partial charge >= 0.3 is 17.2 Å². The number of hydrogen-bond acceptors (Lipinski definition) is 7. The molecule has 0 amide bonds. The highest BCUT2D eigenvalue weighted by molar-refractivity contribution is 7.82. The molecule has 1 unspecified atom stereocenters. The van der Waals surface area contributed by atoms with Crippen molar-refractivity contribution in [2.75, 3.05) is 18.4 Å². The zero-order valence-electron chi connectivity index (χ0n) is 21.4. The fourth-order valence-electron chi connectivity index (χ4n) is 3.63. The topological polar surface area (TPSA) is 136 Å². The molecule has 3 N–H and O–H groups in total. The number of rotatable bonds is 16. The van der Waals surface area contributed by atoms with Crippen molar-refractivity contribution in [3.63, 3.8) is 0 Å². The van der Waals surface area contributed by atoms with Gasteiger partial charge in [-0.3, -0.25) is 14.6 Å². The third-order valence-corrected chi connectivity index (χ3v) is 6.24. The summed E-state index contributed by atoms with van der Waals surface area (Å²) in [5, 5.41) is 15.6. The number of unbranched alkanes of at least 4 members (excludes halogenated alkanes) is 5. The van der Waals surface area contributed by atoms with Crippen LogP contribution in [0.4, 0.5) is 5.69 Å². The van der Waals surface area contributed by atoms with E-state index in [0.29, 0.717) is 40.9 Å². The SMILES string of the molecule is CCCCCCCCOc1ccc(C)cc1OS(=O)Nc1cc(-c2n[nH]c(CC(=O)O)n2)ccc1OC. The number of carboxylic acid groups (broad SMARTS) is 1. The standard InChI is InChI=1S/C26H34N4O6S/c1-4-5-6-7-8-9-14-35-22-12-10-18(2)15-23(22)36-37(33)30-20-16-19(11-13-21(20)34-3)26-27-24(28-29-26)17-25(31)32/h10-13,15-16,30H,4-9,14,17H2,1-3H3,(H,31,32)(H,27,28,29). The molecule has 1 heterocycles. The van der Waals surface area contributed by atoms with E-state index in [1.807, 2.05) is 19.1 Å². The van der Waals surface area contributed by atoms with E-state index in [1.54, 1.807) is 24.3 Å². The predicted octanol–water partition coefficient (Wildman–Crippen LogP) is 5.22. The highest BCUT2D eigenvalue weighted by Gasteiger charge is 2.15. The largest absolute Gasteiger partial charge is 0.495 e. The lowest BCUT2D eigenvalue weighted by atomic mass is 10.1. The van der Waals surface area contributed by atoms with Gasteiger partial charge < -0.3 is 18.8 Å². The second-order valence-electron chi connectivity index (χ2n) is 8.58. The Labute approximate surface area is 219 Å². The average molecular weight is 531 g/mol. The molecule has 0 bridgehead atoms. The Morgan fingerprint density at radius 1 is 1.05 bits per heavy atom. The Hall–Kier alpha value is -3.60. The molecule has 0 fully saturated rings. The number of hydrogen-bond donors (Lipinski definition) is 3. The predicted molar refractivity (Wildman–Crippen MR) is 142 cm³/mol. The van der Waals surface area contributed by atoms with E-state index >= 15 is 0 Å². The first kappa shape index (κ1) is 28.0. The van der Waals surface area contributed by atoms with Crippen LogP contribution >= 0.6 is 0 Å². The molecule has 0 radical (unpaired) electrons. The summed E-state index contributed by atoms with van der Waals surface area (Å²) >= 11 is -1.97. The second-order valence-corrected chi connectivity index (χ2v) is 9.42. The number of aromatic amines is 1. The van der Waals surface area contributed by atoms with Crippen LogP contribution in [0.15, 0.2) is 36.4 Å². The maximum atomic E-state index is 12.9. The Kier molecular flexibility index (Phi) is 10.8. The molecule has 1 aromatic heterocycles. The molecule has 0 aliphatic heterocycles. The number of benzene rings is 2. The minimum atomic E-state index is -1.97. The number of aryl methyl sites for hydroxylation is 1. The number of ether oxygens (including phenoxy) is 2. The van der Waals surface area contributed by atoms with E-state index in [4.69, 9.17) is 18.8 Å². The van der Waals surface area contributed by atoms with Crippen molar-refractivity contribution < 1.29 is 27.8 Å². The molecule has 0 saturated heterocycles. The number of nitrogens with one attached hydrogen (secondary N) is 2. The van der Waals surface area contributed by atoms with Crippen LogP contribution in [0.3, 0.4) is 0 Å². The van der Waals surface area contributed by atoms with Crippen molar-refractivity contribution >= 4 is 22.9 Å². The fraction of sp³-hybridized carbons (Fsp3) is 0.423. The van der Waals surface area contributed by atoms with Gasteiger partial charge in [-0.15, -0.1) is 0 Å². The van der Waals surface area contributed by atoms with E-state index in [9.17, 15) is 9.00 Å². The first-order valence-electron chi connectivity index (χ1n) is 12.3. The first-order chi connectivity index (χ1) is 17.9. The van der Waals surface area contributed by atoms with Gasteiger partial charge in [-0.1, -0.05) is 45.1 Å². The lowest BCUT2D eigenvalue weighted by Crippen LogP contribution is -2.13. The monoisotopic (exact) mass is 530 g/mol. The van der Waals surface area contributed by atoms with E-state index in [1.165, 1.54) is 32.8 Å². The summed E-state index contributed by atoms with van der Waals surface area (Å²) in [4.78, 5) is 15.1. The fourth-order valence-corrected chi connectivity index (χ4v) is 4.30. The minimum absolute atomic E-state index is 0.229. The van der Waals surface area contributed by atoms with Crippen molar-refractivity contribution in [2.45, 2.75) is 58.8 Å². The third kappa shape index (κ3) is 8.78. The van der Waals surface area contributed by atoms with E-state index < -0.39 is 17.2 Å². The summed E-state index contributed by atoms with van der Waals surface area (Å²) < 4.78 is 32.8. The van der Waals surface area contributed by atoms with Crippen LogP contribution in [0.1, 0.15) is 56.8 Å². The summed E-state index contributed by atoms with van der Waals surface area (Å²) in [7, 11) is 1.50. The molecule has 10 nitrogen and oxygen atoms in total. The summed E-state index contributed by atoms with van der Waals surface area (Å²) in [6, 6.07) is 10.6. The van der Waals surface area contributed by atoms with Gasteiger partial charge in [0, 0.05) is 5.56 Å². The number of carbonyl (C=O) groups is 1. The Morgan fingerprint density at radius 2 is 1.81 bits per heavy atom. The van der Waals surface area contributed by atoms with Crippen LogP contribution in [0.25, 0.3) is 11.4 Å². The third-order valence-electron chi connectivity index (χ3n) is 5.52. The molecule has 0 aliphatic rings. The summed E-state index contributed by atoms with van der Waals surface area (Å²) in [6.45, 7) is 4.67. The Balaban J connectivity index is 1.66. The molecule has 200 valence electrons. The van der Waals surface area contributed by atoms with Crippen molar-refractivity contribution in [1.82, 2.24) is 15.2 Å². The van der Waals surface area contributed by atoms with Gasteiger partial charge in [-0.25, -0.2) is 4.98 Å². The van der Waals surface area contributed by atoms with Gasteiger partial charge in [0.05, 0.1) is 19.4 Å². The highest BCUT2D eigenvalue weighted by Crippen LogP contribution is 2.32. The number of methoxy groups -OCH3 is 1. The minimum Gasteiger partial charge on any atom is -0.495 e. The second kappa shape index (κ2) is 14.2. The maximum absolute atomic E-state index is 12.9. The van der Waals surface area contributed by atoms with Gasteiger partial charge in [0.15, 0.2) is 17.3 Å². The lowest BCUT2D eigenvalue weighted by Gasteiger charge is -2.14. The smallest absolute Gasteiger partial charge is 0.316 e. The molecular formula is C26H34N4O6S. The first-order valence-corrected chi connectivity index (χ1v) is 13.4. The molecule has 1 atom stereocenters. The van der Waals surface area contributed by atoms with Crippen LogP contribution in [-0.4, -0.2) is 44.2 Å². The highest BCUT2D eigenvalue weighted by atomic mass is 32.2. The molecule has 0 saturated carbocycles. The Morgan fingerprint density at radius 3 is 2.57 bits per heavy atom. The van der Waals surface area contributed by atoms with Crippen LogP contribution in [0.2, 0.25) is 0 Å². The average Bonchev–Trinajstić information content (AvgIpc) is 3.32. The van der Waals surface area contributed by atoms with Crippen LogP contribution in [-0.2, 0) is 22.5 Å². The van der Waals surface area contributed by atoms with Gasteiger partial charge in [0.1, 0.15) is 18.0 Å². The zero-order chi connectivity index (χ0) is 26.6. The van der Waals surface area contributed by atoms with Gasteiger partial charge in [-0.05, 0) is 49.2 Å². The number of nitrogens with zero attached hydrogens (tertiary/aromatic N) is 2. The zero-order valence-corrected chi connectivity index (χ0v) is 22.2. The van der Waals surface area contributed by atoms with Crippen LogP contribution in [0, 0.1) is 6.92 Å². The molecule has 3 aromatic rings. The molecule has 3 rings (SSSR count). The molecule has 2 aromatic carbocycles. The van der Waals surface area contributed by atoms with Gasteiger partial charge in [-0.2, -0.15) is 9.31 Å². The van der Waals surface area contributed by atoms with Crippen molar-refractivity contribution in [3.05, 3.63) is 47.8 Å². The molecular weight excluding hydrogens is 496 g/mol. The summed E-state index contributed by atoms with van der Waals surface area (Å²) in [5.41, 5.74) is 1.91. The van der Waals surface area contributed by atoms with Crippen LogP contribution < -0.4 is 18.4 Å². The number of aromatic nitrogens is 3. The lowest BCUT2D eigenvalue weighted by molar-refractivity contribution is -0.136. The van der Waals surface area contributed by atoms with Crippen molar-refractivity contribution in [3.8, 4) is 28.6 Å². The number of H-pyrrole nitrogens is 1. The number of anilines is 1. The Bertz CT molecular complexity index is 1200. The maximum Gasteiger partial charge on any atom is 0.316 e. The molecule has 11 heteroatoms. The van der Waals surface area contributed by atoms with E-state index in [2.05, 4.69) is 26.8 Å². The molecule has 0 spiro atoms. The van der Waals surface area contributed by atoms with Gasteiger partial charge in [0.25, 0.3) is 0 Å². The van der Waals surface area contributed by atoms with Crippen molar-refractivity contribution in [2.24, 2.45) is 0 Å². The van der Waals surface area contributed by atoms with Gasteiger partial charge in [0.2, 0.25) is 0 Å². The quantitative estimate of drug-likeness (QED) is 0.214.